The zero-order valence-electron chi connectivity index (χ0n) is 16.6. The first-order chi connectivity index (χ1) is 14.2. The number of nitrogens with one attached hydrogen (secondary N) is 2. The number of nitrogens with zero attached hydrogens (tertiary/aromatic N) is 3. The molecule has 2 aromatic rings. The summed E-state index contributed by atoms with van der Waals surface area (Å²) in [6, 6.07) is 7.80. The molecule has 2 N–H and O–H groups in total. The lowest BCUT2D eigenvalue weighted by Crippen LogP contribution is -2.37. The molecule has 2 heterocycles. The third-order valence-corrected chi connectivity index (χ3v) is 5.60. The Labute approximate surface area is 180 Å². The highest BCUT2D eigenvalue weighted by atomic mass is 32.2. The van der Waals surface area contributed by atoms with E-state index in [0.29, 0.717) is 17.4 Å². The maximum atomic E-state index is 5.58. The van der Waals surface area contributed by atoms with E-state index < -0.39 is 0 Å². The van der Waals surface area contributed by atoms with Gasteiger partial charge in [0.05, 0.1) is 18.9 Å². The van der Waals surface area contributed by atoms with Crippen molar-refractivity contribution >= 4 is 34.8 Å². The van der Waals surface area contributed by atoms with Crippen LogP contribution in [0.15, 0.2) is 46.9 Å². The van der Waals surface area contributed by atoms with Crippen LogP contribution in [0.5, 0.6) is 5.75 Å². The van der Waals surface area contributed by atoms with Gasteiger partial charge in [-0.05, 0) is 61.8 Å². The second kappa shape index (κ2) is 11.1. The van der Waals surface area contributed by atoms with E-state index in [-0.39, 0.29) is 6.10 Å². The minimum atomic E-state index is 0.232. The molecule has 0 spiro atoms. The molecular formula is C20H25N5O2S2. The van der Waals surface area contributed by atoms with Crippen LogP contribution in [0.25, 0.3) is 0 Å². The average Bonchev–Trinajstić information content (AvgIpc) is 3.28. The summed E-state index contributed by atoms with van der Waals surface area (Å²) >= 11 is 6.86. The van der Waals surface area contributed by atoms with Gasteiger partial charge in [0.1, 0.15) is 5.75 Å². The molecule has 1 saturated heterocycles. The molecule has 1 atom stereocenters. The Kier molecular flexibility index (Phi) is 8.21. The van der Waals surface area contributed by atoms with Crippen molar-refractivity contribution < 1.29 is 9.47 Å². The van der Waals surface area contributed by atoms with Crippen LogP contribution in [0.3, 0.4) is 0 Å². The van der Waals surface area contributed by atoms with Crippen molar-refractivity contribution in [1.82, 2.24) is 20.7 Å². The van der Waals surface area contributed by atoms with E-state index in [9.17, 15) is 0 Å². The van der Waals surface area contributed by atoms with E-state index in [1.54, 1.807) is 37.3 Å². The number of hydrogen-bond acceptors (Lipinski definition) is 7. The SMILES string of the molecule is COc1ccc(/C(C)=N/NC(=S)NCC2CCCO2)cc1CSc1ncccn1. The highest BCUT2D eigenvalue weighted by Crippen LogP contribution is 2.27. The van der Waals surface area contributed by atoms with Gasteiger partial charge in [-0.15, -0.1) is 0 Å². The summed E-state index contributed by atoms with van der Waals surface area (Å²) in [5.41, 5.74) is 5.78. The highest BCUT2D eigenvalue weighted by Gasteiger charge is 2.15. The molecule has 1 aliphatic rings. The quantitative estimate of drug-likeness (QED) is 0.217. The monoisotopic (exact) mass is 431 g/mol. The maximum absolute atomic E-state index is 5.58. The number of ether oxygens (including phenoxy) is 2. The van der Waals surface area contributed by atoms with Crippen LogP contribution in [-0.2, 0) is 10.5 Å². The average molecular weight is 432 g/mol. The summed E-state index contributed by atoms with van der Waals surface area (Å²) in [4.78, 5) is 8.50. The number of aromatic nitrogens is 2. The van der Waals surface area contributed by atoms with Crippen molar-refractivity contribution in [3.8, 4) is 5.75 Å². The molecule has 1 unspecified atom stereocenters. The molecule has 7 nitrogen and oxygen atoms in total. The Morgan fingerprint density at radius 1 is 1.38 bits per heavy atom. The van der Waals surface area contributed by atoms with Gasteiger partial charge in [-0.2, -0.15) is 5.10 Å². The van der Waals surface area contributed by atoms with E-state index in [4.69, 9.17) is 21.7 Å². The normalized spacial score (nSPS) is 16.5. The molecule has 0 amide bonds. The molecule has 3 rings (SSSR count). The van der Waals surface area contributed by atoms with Crippen LogP contribution in [0, 0.1) is 0 Å². The molecule has 0 radical (unpaired) electrons. The Bertz CT molecular complexity index is 842. The van der Waals surface area contributed by atoms with Crippen LogP contribution in [0.1, 0.15) is 30.9 Å². The van der Waals surface area contributed by atoms with Gasteiger partial charge in [0.2, 0.25) is 0 Å². The van der Waals surface area contributed by atoms with E-state index in [2.05, 4.69) is 31.9 Å². The summed E-state index contributed by atoms with van der Waals surface area (Å²) in [6.45, 7) is 3.47. The van der Waals surface area contributed by atoms with Gasteiger partial charge in [0, 0.05) is 36.9 Å². The smallest absolute Gasteiger partial charge is 0.187 e. The van der Waals surface area contributed by atoms with Gasteiger partial charge in [0.25, 0.3) is 0 Å². The van der Waals surface area contributed by atoms with Crippen molar-refractivity contribution in [1.29, 1.82) is 0 Å². The second-order valence-electron chi connectivity index (χ2n) is 6.50. The lowest BCUT2D eigenvalue weighted by atomic mass is 10.1. The van der Waals surface area contributed by atoms with E-state index in [1.807, 2.05) is 19.1 Å². The standard InChI is InChI=1S/C20H25N5O2S2/c1-14(24-25-19(28)23-12-17-5-3-10-27-17)15-6-7-18(26-2)16(11-15)13-29-20-21-8-4-9-22-20/h4,6-9,11,17H,3,5,10,12-13H2,1-2H3,(H2,23,25,28)/b24-14+. The Hall–Kier alpha value is -2.23. The van der Waals surface area contributed by atoms with E-state index in [0.717, 1.165) is 47.2 Å². The molecule has 29 heavy (non-hydrogen) atoms. The van der Waals surface area contributed by atoms with Gasteiger partial charge in [0.15, 0.2) is 10.3 Å². The number of benzene rings is 1. The van der Waals surface area contributed by atoms with Crippen LogP contribution in [0.2, 0.25) is 0 Å². The number of hydrazone groups is 1. The first-order valence-corrected chi connectivity index (χ1v) is 10.8. The van der Waals surface area contributed by atoms with Crippen molar-refractivity contribution in [2.45, 2.75) is 36.8 Å². The third-order valence-electron chi connectivity index (χ3n) is 4.44. The molecule has 154 valence electrons. The molecule has 0 bridgehead atoms. The first kappa shape index (κ1) is 21.5. The fraction of sp³-hybridized carbons (Fsp3) is 0.400. The summed E-state index contributed by atoms with van der Waals surface area (Å²) in [5.74, 6) is 1.52. The van der Waals surface area contributed by atoms with Gasteiger partial charge >= 0.3 is 0 Å². The molecule has 1 aliphatic heterocycles. The zero-order chi connectivity index (χ0) is 20.5. The number of rotatable bonds is 8. The minimum absolute atomic E-state index is 0.232. The molecule has 9 heteroatoms. The van der Waals surface area contributed by atoms with Crippen molar-refractivity contribution in [2.75, 3.05) is 20.3 Å². The van der Waals surface area contributed by atoms with Crippen LogP contribution < -0.4 is 15.5 Å². The fourth-order valence-electron chi connectivity index (χ4n) is 2.87. The fourth-order valence-corrected chi connectivity index (χ4v) is 3.78. The largest absolute Gasteiger partial charge is 0.496 e. The van der Waals surface area contributed by atoms with Crippen molar-refractivity contribution in [3.63, 3.8) is 0 Å². The highest BCUT2D eigenvalue weighted by molar-refractivity contribution is 7.98. The third kappa shape index (κ3) is 6.66. The first-order valence-electron chi connectivity index (χ1n) is 9.42. The van der Waals surface area contributed by atoms with Crippen LogP contribution >= 0.6 is 24.0 Å². The number of methoxy groups -OCH3 is 1. The molecule has 1 aromatic carbocycles. The Morgan fingerprint density at radius 2 is 2.21 bits per heavy atom. The molecule has 1 aromatic heterocycles. The summed E-state index contributed by atoms with van der Waals surface area (Å²) < 4.78 is 11.1. The summed E-state index contributed by atoms with van der Waals surface area (Å²) in [7, 11) is 1.67. The topological polar surface area (TPSA) is 80.7 Å². The van der Waals surface area contributed by atoms with Gasteiger partial charge in [-0.3, -0.25) is 5.43 Å². The molecule has 0 aliphatic carbocycles. The Morgan fingerprint density at radius 3 is 2.93 bits per heavy atom. The van der Waals surface area contributed by atoms with Gasteiger partial charge in [-0.25, -0.2) is 9.97 Å². The maximum Gasteiger partial charge on any atom is 0.187 e. The predicted molar refractivity (Wildman–Crippen MR) is 120 cm³/mol. The van der Waals surface area contributed by atoms with Gasteiger partial charge < -0.3 is 14.8 Å². The lowest BCUT2D eigenvalue weighted by molar-refractivity contribution is 0.114. The summed E-state index contributed by atoms with van der Waals surface area (Å²) in [6.07, 6.45) is 5.88. The van der Waals surface area contributed by atoms with Crippen LogP contribution in [0.4, 0.5) is 0 Å². The number of thioether (sulfide) groups is 1. The zero-order valence-corrected chi connectivity index (χ0v) is 18.2. The molecule has 1 fully saturated rings. The predicted octanol–water partition coefficient (Wildman–Crippen LogP) is 3.14. The minimum Gasteiger partial charge on any atom is -0.496 e. The van der Waals surface area contributed by atoms with E-state index in [1.165, 1.54) is 0 Å². The Balaban J connectivity index is 1.59. The van der Waals surface area contributed by atoms with Crippen molar-refractivity contribution in [2.24, 2.45) is 5.10 Å². The lowest BCUT2D eigenvalue weighted by Gasteiger charge is -2.13. The van der Waals surface area contributed by atoms with E-state index >= 15 is 0 Å². The molecular weight excluding hydrogens is 406 g/mol. The number of hydrogen-bond donors (Lipinski definition) is 2. The second-order valence-corrected chi connectivity index (χ2v) is 7.85. The van der Waals surface area contributed by atoms with Crippen LogP contribution in [-0.4, -0.2) is 47.2 Å². The van der Waals surface area contributed by atoms with Gasteiger partial charge in [-0.1, -0.05) is 11.8 Å². The molecule has 0 saturated carbocycles. The summed E-state index contributed by atoms with van der Waals surface area (Å²) in [5, 5.41) is 8.78. The number of thiocarbonyl (C=S) groups is 1. The van der Waals surface area contributed by atoms with Crippen molar-refractivity contribution in [3.05, 3.63) is 47.8 Å².